The van der Waals surface area contributed by atoms with Gasteiger partial charge in [-0.2, -0.15) is 0 Å². The highest BCUT2D eigenvalue weighted by Gasteiger charge is 2.11. The highest BCUT2D eigenvalue weighted by atomic mass is 16.4. The Morgan fingerprint density at radius 1 is 1.00 bits per heavy atom. The van der Waals surface area contributed by atoms with Crippen molar-refractivity contribution in [2.75, 3.05) is 0 Å². The van der Waals surface area contributed by atoms with Crippen molar-refractivity contribution in [2.24, 2.45) is 10.2 Å². The van der Waals surface area contributed by atoms with Crippen LogP contribution in [0.3, 0.4) is 0 Å². The Bertz CT molecular complexity index is 852. The lowest BCUT2D eigenvalue weighted by atomic mass is 10.2. The zero-order chi connectivity index (χ0) is 14.8. The zero-order valence-corrected chi connectivity index (χ0v) is 10.8. The van der Waals surface area contributed by atoms with Crippen molar-refractivity contribution in [1.82, 2.24) is 4.98 Å². The summed E-state index contributed by atoms with van der Waals surface area (Å²) in [5.41, 5.74) is 1.30. The summed E-state index contributed by atoms with van der Waals surface area (Å²) in [5, 5.41) is 27.6. The molecular formula is C15H11N3O3. The molecule has 21 heavy (non-hydrogen) atoms. The molecule has 6 nitrogen and oxygen atoms in total. The van der Waals surface area contributed by atoms with Gasteiger partial charge in [-0.3, -0.25) is 0 Å². The van der Waals surface area contributed by atoms with Crippen molar-refractivity contribution < 1.29 is 15.0 Å². The third kappa shape index (κ3) is 2.34. The maximum Gasteiger partial charge on any atom is 0.337 e. The molecular weight excluding hydrogens is 270 g/mol. The number of carbonyl (C=O) groups is 1. The van der Waals surface area contributed by atoms with Gasteiger partial charge in [-0.1, -0.05) is 30.3 Å². The van der Waals surface area contributed by atoms with Crippen molar-refractivity contribution >= 4 is 28.2 Å². The topological polar surface area (TPSA) is 98.0 Å². The van der Waals surface area contributed by atoms with Gasteiger partial charge < -0.3 is 15.2 Å². The molecule has 0 amide bonds. The van der Waals surface area contributed by atoms with E-state index < -0.39 is 5.97 Å². The number of hydrogen-bond donors (Lipinski definition) is 3. The van der Waals surface area contributed by atoms with E-state index in [0.29, 0.717) is 5.39 Å². The Hall–Kier alpha value is -3.15. The number of fused-ring (bicyclic) bond motifs is 1. The van der Waals surface area contributed by atoms with E-state index in [2.05, 4.69) is 15.2 Å². The number of nitrogens with zero attached hydrogens (tertiary/aromatic N) is 2. The molecule has 6 heteroatoms. The molecule has 3 aromatic rings. The maximum atomic E-state index is 11.1. The Kier molecular flexibility index (Phi) is 3.12. The number of aromatic carboxylic acids is 1. The lowest BCUT2D eigenvalue weighted by Crippen LogP contribution is -1.95. The van der Waals surface area contributed by atoms with Gasteiger partial charge in [0.05, 0.1) is 11.1 Å². The predicted octanol–water partition coefficient (Wildman–Crippen LogP) is 3.99. The van der Waals surface area contributed by atoms with Gasteiger partial charge in [-0.05, 0) is 18.2 Å². The largest absolute Gasteiger partial charge is 0.493 e. The summed E-state index contributed by atoms with van der Waals surface area (Å²) in [6.07, 6.45) is 0. The first kappa shape index (κ1) is 12.9. The Labute approximate surface area is 119 Å². The van der Waals surface area contributed by atoms with E-state index in [9.17, 15) is 9.90 Å². The maximum absolute atomic E-state index is 11.1. The second-order valence-corrected chi connectivity index (χ2v) is 4.39. The van der Waals surface area contributed by atoms with E-state index in [1.54, 1.807) is 30.3 Å². The minimum atomic E-state index is -1.08. The van der Waals surface area contributed by atoms with Crippen molar-refractivity contribution in [3.05, 3.63) is 54.1 Å². The molecule has 3 N–H and O–H groups in total. The number of hydrogen-bond acceptors (Lipinski definition) is 4. The number of aromatic amines is 1. The van der Waals surface area contributed by atoms with Crippen LogP contribution in [0.4, 0.5) is 11.4 Å². The molecule has 0 saturated carbocycles. The van der Waals surface area contributed by atoms with Gasteiger partial charge in [-0.25, -0.2) is 4.79 Å². The second-order valence-electron chi connectivity index (χ2n) is 4.39. The second kappa shape index (κ2) is 5.09. The summed E-state index contributed by atoms with van der Waals surface area (Å²) < 4.78 is 0. The molecule has 0 bridgehead atoms. The number of para-hydroxylation sites is 1. The fourth-order valence-electron chi connectivity index (χ4n) is 2.06. The summed E-state index contributed by atoms with van der Waals surface area (Å²) in [6, 6.07) is 13.5. The van der Waals surface area contributed by atoms with Crippen LogP contribution in [0.2, 0.25) is 0 Å². The average molecular weight is 281 g/mol. The van der Waals surface area contributed by atoms with Crippen LogP contribution in [0.5, 0.6) is 5.88 Å². The van der Waals surface area contributed by atoms with Gasteiger partial charge >= 0.3 is 5.97 Å². The highest BCUT2D eigenvalue weighted by molar-refractivity contribution is 5.95. The summed E-state index contributed by atoms with van der Waals surface area (Å²) >= 11 is 0. The average Bonchev–Trinajstić information content (AvgIpc) is 2.81. The van der Waals surface area contributed by atoms with Crippen LogP contribution < -0.4 is 0 Å². The molecule has 0 aliphatic rings. The number of aromatic nitrogens is 1. The minimum absolute atomic E-state index is 0.0561. The third-order valence-corrected chi connectivity index (χ3v) is 3.05. The number of rotatable bonds is 3. The van der Waals surface area contributed by atoms with Crippen molar-refractivity contribution in [3.8, 4) is 5.88 Å². The molecule has 2 aromatic carbocycles. The molecule has 0 aliphatic carbocycles. The monoisotopic (exact) mass is 281 g/mol. The van der Waals surface area contributed by atoms with E-state index >= 15 is 0 Å². The molecule has 0 spiro atoms. The summed E-state index contributed by atoms with van der Waals surface area (Å²) in [5.74, 6) is -1.18. The number of H-pyrrole nitrogens is 1. The quantitative estimate of drug-likeness (QED) is 0.633. The highest BCUT2D eigenvalue weighted by Crippen LogP contribution is 2.36. The van der Waals surface area contributed by atoms with Crippen LogP contribution in [0.25, 0.3) is 10.9 Å². The first-order chi connectivity index (χ1) is 10.2. The molecule has 1 heterocycles. The number of carboxylic acid groups (broad SMARTS) is 1. The molecule has 3 rings (SSSR count). The molecule has 0 atom stereocenters. The van der Waals surface area contributed by atoms with Crippen LogP contribution >= 0.6 is 0 Å². The van der Waals surface area contributed by atoms with Crippen molar-refractivity contribution in [1.29, 1.82) is 0 Å². The van der Waals surface area contributed by atoms with E-state index in [-0.39, 0.29) is 22.8 Å². The lowest BCUT2D eigenvalue weighted by molar-refractivity contribution is 0.0698. The molecule has 1 aromatic heterocycles. The van der Waals surface area contributed by atoms with E-state index in [1.807, 2.05) is 12.1 Å². The first-order valence-electron chi connectivity index (χ1n) is 6.20. The van der Waals surface area contributed by atoms with E-state index in [1.165, 1.54) is 6.07 Å². The van der Waals surface area contributed by atoms with Crippen molar-refractivity contribution in [3.63, 3.8) is 0 Å². The van der Waals surface area contributed by atoms with Gasteiger partial charge in [0.25, 0.3) is 0 Å². The summed E-state index contributed by atoms with van der Waals surface area (Å²) in [6.45, 7) is 0. The number of benzene rings is 2. The standard InChI is InChI=1S/C15H11N3O3/c19-14-13(9-5-1-3-7-11(9)16-14)18-17-12-8-4-2-6-10(12)15(20)21/h1-8,16,19H,(H,20,21). The van der Waals surface area contributed by atoms with Gasteiger partial charge in [0, 0.05) is 5.39 Å². The van der Waals surface area contributed by atoms with Gasteiger partial charge in [-0.15, -0.1) is 10.2 Å². The molecule has 0 radical (unpaired) electrons. The number of azo groups is 1. The SMILES string of the molecule is O=C(O)c1ccccc1N=Nc1c(O)[nH]c2ccccc12. The first-order valence-corrected chi connectivity index (χ1v) is 6.20. The van der Waals surface area contributed by atoms with Crippen LogP contribution in [-0.4, -0.2) is 21.2 Å². The number of carboxylic acids is 1. The van der Waals surface area contributed by atoms with Gasteiger partial charge in [0.2, 0.25) is 5.88 Å². The number of aromatic hydroxyl groups is 1. The van der Waals surface area contributed by atoms with Crippen LogP contribution in [0, 0.1) is 0 Å². The molecule has 104 valence electrons. The Morgan fingerprint density at radius 2 is 1.71 bits per heavy atom. The third-order valence-electron chi connectivity index (χ3n) is 3.05. The Morgan fingerprint density at radius 3 is 2.52 bits per heavy atom. The predicted molar refractivity (Wildman–Crippen MR) is 77.5 cm³/mol. The Balaban J connectivity index is 2.07. The summed E-state index contributed by atoms with van der Waals surface area (Å²) in [7, 11) is 0. The minimum Gasteiger partial charge on any atom is -0.493 e. The molecule has 0 fully saturated rings. The van der Waals surface area contributed by atoms with Crippen LogP contribution in [-0.2, 0) is 0 Å². The van der Waals surface area contributed by atoms with Crippen LogP contribution in [0.1, 0.15) is 10.4 Å². The fraction of sp³-hybridized carbons (Fsp3) is 0. The smallest absolute Gasteiger partial charge is 0.337 e. The van der Waals surface area contributed by atoms with E-state index in [4.69, 9.17) is 5.11 Å². The van der Waals surface area contributed by atoms with Crippen molar-refractivity contribution in [2.45, 2.75) is 0 Å². The zero-order valence-electron chi connectivity index (χ0n) is 10.8. The fourth-order valence-corrected chi connectivity index (χ4v) is 2.06. The van der Waals surface area contributed by atoms with Gasteiger partial charge in [0.1, 0.15) is 5.69 Å². The molecule has 0 aliphatic heterocycles. The molecule has 0 unspecified atom stereocenters. The van der Waals surface area contributed by atoms with Crippen LogP contribution in [0.15, 0.2) is 58.8 Å². The summed E-state index contributed by atoms with van der Waals surface area (Å²) in [4.78, 5) is 13.9. The normalized spacial score (nSPS) is 11.2. The van der Waals surface area contributed by atoms with E-state index in [0.717, 1.165) is 5.52 Å². The number of nitrogens with one attached hydrogen (secondary N) is 1. The lowest BCUT2D eigenvalue weighted by Gasteiger charge is -1.98. The van der Waals surface area contributed by atoms with Gasteiger partial charge in [0.15, 0.2) is 5.69 Å². The molecule has 0 saturated heterocycles.